The molecule has 0 saturated carbocycles. The largest absolute Gasteiger partial charge is 0.468 e. The zero-order valence-corrected chi connectivity index (χ0v) is 38.0. The lowest BCUT2D eigenvalue weighted by atomic mass is 10.4. The minimum Gasteiger partial charge on any atom is -0.468 e. The minimum absolute atomic E-state index is 0. The highest BCUT2D eigenvalue weighted by molar-refractivity contribution is 8.42. The molecule has 0 aliphatic carbocycles. The van der Waals surface area contributed by atoms with Crippen LogP contribution in [0.1, 0.15) is 69.2 Å². The van der Waals surface area contributed by atoms with Gasteiger partial charge in [0.1, 0.15) is 11.3 Å². The number of hydrogen-bond donors (Lipinski definition) is 3. The van der Waals surface area contributed by atoms with Gasteiger partial charge in [0, 0.05) is 10.6 Å². The van der Waals surface area contributed by atoms with E-state index in [1.54, 1.807) is 6.07 Å². The molecule has 0 bridgehead atoms. The van der Waals surface area contributed by atoms with Crippen molar-refractivity contribution in [3.8, 4) is 12.1 Å². The Labute approximate surface area is 359 Å². The smallest absolute Gasteiger partial charge is 0.320 e. The van der Waals surface area contributed by atoms with Crippen molar-refractivity contribution in [1.82, 2.24) is 14.9 Å². The maximum Gasteiger partial charge on any atom is 0.320 e. The summed E-state index contributed by atoms with van der Waals surface area (Å²) in [6.45, 7) is 20.4. The predicted octanol–water partition coefficient (Wildman–Crippen LogP) is 7.39. The van der Waals surface area contributed by atoms with E-state index in [-0.39, 0.29) is 60.0 Å². The Morgan fingerprint density at radius 3 is 1.34 bits per heavy atom. The van der Waals surface area contributed by atoms with E-state index < -0.39 is 17.1 Å². The first-order valence-electron chi connectivity index (χ1n) is 17.4. The van der Waals surface area contributed by atoms with Crippen LogP contribution in [0.5, 0.6) is 0 Å². The first-order chi connectivity index (χ1) is 25.6. The van der Waals surface area contributed by atoms with Crippen molar-refractivity contribution in [1.29, 1.82) is 10.5 Å². The molecule has 1 unspecified atom stereocenters. The topological polar surface area (TPSA) is 174 Å². The van der Waals surface area contributed by atoms with Crippen molar-refractivity contribution in [3.63, 3.8) is 0 Å². The van der Waals surface area contributed by atoms with Crippen LogP contribution in [0, 0.1) is 22.7 Å². The molecule has 2 aromatic carbocycles. The number of aliphatic hydroxyl groups excluding tert-OH is 1. The molecule has 1 atom stereocenters. The highest BCUT2D eigenvalue weighted by Crippen LogP contribution is 2.55. The van der Waals surface area contributed by atoms with E-state index in [1.807, 2.05) is 66.7 Å². The molecule has 2 aromatic rings. The molecule has 0 aromatic heterocycles. The lowest BCUT2D eigenvalue weighted by Gasteiger charge is -2.23. The van der Waals surface area contributed by atoms with Crippen molar-refractivity contribution in [2.24, 2.45) is 5.73 Å². The van der Waals surface area contributed by atoms with Gasteiger partial charge in [0.2, 0.25) is 0 Å². The number of rotatable bonds is 16. The number of benzene rings is 2. The van der Waals surface area contributed by atoms with Gasteiger partial charge in [0.05, 0.1) is 59.0 Å². The third-order valence-electron chi connectivity index (χ3n) is 6.60. The van der Waals surface area contributed by atoms with Crippen molar-refractivity contribution < 1.29 is 28.7 Å². The maximum atomic E-state index is 11.2. The third kappa shape index (κ3) is 40.2. The number of nitrogens with one attached hydrogen (secondary N) is 1. The number of nitriles is 2. The Bertz CT molecular complexity index is 1340. The summed E-state index contributed by atoms with van der Waals surface area (Å²) >= 11 is 21.9. The standard InChI is InChI=1S/C12H15N2O3PS.C6H5Cl2PS.2C6H15N.C3H7NO2.C3H5NO.2CH4/c1-16-12(15)10-14-18(19,17-9-5-8-13)11-6-3-2-4-7-11;7-9(8,10)6-4-2-1-3-5-6;2*1-4-7(5-2)6-3;1-6-3(5)2-4;4-2-1-3-5;;/h2-4,6-7H,5,9-10H2,1H3,(H,14,19);1-5H;2*4-6H2,1-3H3;2,4H2,1H3;5H,1,3H2;2*1H4. The lowest BCUT2D eigenvalue weighted by Crippen LogP contribution is -2.27. The van der Waals surface area contributed by atoms with Crippen LogP contribution < -0.4 is 21.4 Å². The Hall–Kier alpha value is -2.00. The van der Waals surface area contributed by atoms with Gasteiger partial charge in [-0.25, -0.2) is 0 Å². The average Bonchev–Trinajstić information content (AvgIpc) is 3.20. The summed E-state index contributed by atoms with van der Waals surface area (Å²) in [5, 5.41) is 28.7. The summed E-state index contributed by atoms with van der Waals surface area (Å²) in [6, 6.07) is 22.4. The molecule has 324 valence electrons. The second-order valence-corrected chi connectivity index (χ2v) is 21.6. The molecule has 4 N–H and O–H groups in total. The van der Waals surface area contributed by atoms with Gasteiger partial charge < -0.3 is 34.6 Å². The number of halogens is 2. The fraction of sp³-hybridized carbons (Fsp3) is 0.579. The molecule has 0 heterocycles. The van der Waals surface area contributed by atoms with Crippen molar-refractivity contribution >= 4 is 79.8 Å². The van der Waals surface area contributed by atoms with Gasteiger partial charge in [-0.15, -0.1) is 0 Å². The molecule has 0 radical (unpaired) electrons. The quantitative estimate of drug-likeness (QED) is 0.0864. The van der Waals surface area contributed by atoms with Crippen LogP contribution >= 0.6 is 33.6 Å². The van der Waals surface area contributed by atoms with Crippen LogP contribution in [0.2, 0.25) is 0 Å². The van der Waals surface area contributed by atoms with E-state index in [0.717, 1.165) is 10.6 Å². The second kappa shape index (κ2) is 45.7. The molecule has 0 amide bonds. The number of carbonyl (C=O) groups excluding carboxylic acids is 2. The number of ether oxygens (including phenoxy) is 2. The van der Waals surface area contributed by atoms with Gasteiger partial charge in [-0.2, -0.15) is 10.5 Å². The van der Waals surface area contributed by atoms with Gasteiger partial charge in [-0.05, 0) is 51.1 Å². The Kier molecular flexibility index (Phi) is 53.7. The van der Waals surface area contributed by atoms with Crippen LogP contribution in [0.15, 0.2) is 60.7 Å². The van der Waals surface area contributed by atoms with Crippen LogP contribution in [-0.2, 0) is 47.2 Å². The molecule has 2 rings (SSSR count). The molecular weight excluding hydrogens is 833 g/mol. The van der Waals surface area contributed by atoms with Crippen LogP contribution in [0.3, 0.4) is 0 Å². The SMILES string of the molecule is C.C.CCN(CC)CC.CCN(CC)CC.COC(=O)CN.COC(=O)CNP(=S)(OCCC#N)c1ccccc1.N#CCCO.S=P(Cl)(Cl)c1ccccc1. The summed E-state index contributed by atoms with van der Waals surface area (Å²) in [6.07, 6.45) is -2.03. The molecule has 0 aliphatic heterocycles. The number of carbonyl (C=O) groups is 2. The number of esters is 2. The Morgan fingerprint density at radius 1 is 0.750 bits per heavy atom. The molecule has 18 heteroatoms. The fourth-order valence-corrected chi connectivity index (χ4v) is 7.39. The second-order valence-electron chi connectivity index (χ2n) is 9.99. The van der Waals surface area contributed by atoms with E-state index in [9.17, 15) is 9.59 Å². The zero-order valence-electron chi connectivity index (χ0n) is 33.1. The summed E-state index contributed by atoms with van der Waals surface area (Å²) in [7, 11) is 2.61. The van der Waals surface area contributed by atoms with Gasteiger partial charge >= 0.3 is 11.9 Å². The third-order valence-corrected chi connectivity index (χ3v) is 12.7. The summed E-state index contributed by atoms with van der Waals surface area (Å²) in [4.78, 5) is 25.8. The highest BCUT2D eigenvalue weighted by Gasteiger charge is 2.21. The van der Waals surface area contributed by atoms with Gasteiger partial charge in [-0.1, -0.05) is 151 Å². The molecule has 0 aliphatic rings. The van der Waals surface area contributed by atoms with Crippen molar-refractivity contribution in [2.45, 2.75) is 69.2 Å². The van der Waals surface area contributed by atoms with E-state index in [2.05, 4.69) is 65.9 Å². The van der Waals surface area contributed by atoms with Gasteiger partial charge in [-0.3, -0.25) is 14.7 Å². The van der Waals surface area contributed by atoms with Crippen molar-refractivity contribution in [2.75, 3.05) is 79.8 Å². The van der Waals surface area contributed by atoms with E-state index in [0.29, 0.717) is 0 Å². The van der Waals surface area contributed by atoms with E-state index in [1.165, 1.54) is 53.5 Å². The average molecular weight is 904 g/mol. The van der Waals surface area contributed by atoms with E-state index in [4.69, 9.17) is 72.0 Å². The maximum absolute atomic E-state index is 11.2. The normalized spacial score (nSPS) is 10.5. The first-order valence-corrected chi connectivity index (χ1v) is 24.7. The summed E-state index contributed by atoms with van der Waals surface area (Å²) in [5.41, 5.74) is 4.81. The molecule has 12 nitrogen and oxygen atoms in total. The number of nitrogens with zero attached hydrogens (tertiary/aromatic N) is 4. The molecule has 0 saturated heterocycles. The number of hydrogen-bond acceptors (Lipinski definition) is 13. The highest BCUT2D eigenvalue weighted by atomic mass is 35.9. The fourth-order valence-electron chi connectivity index (χ4n) is 3.37. The summed E-state index contributed by atoms with van der Waals surface area (Å²) < 4.78 is 12.1. The molecule has 0 fully saturated rings. The van der Waals surface area contributed by atoms with Crippen LogP contribution in [0.25, 0.3) is 0 Å². The number of aliphatic hydroxyl groups is 1. The predicted molar refractivity (Wildman–Crippen MR) is 247 cm³/mol. The first kappa shape index (κ1) is 65.8. The lowest BCUT2D eigenvalue weighted by molar-refractivity contribution is -0.139. The minimum atomic E-state index is -2.54. The van der Waals surface area contributed by atoms with Gasteiger partial charge in [0.25, 0.3) is 0 Å². The van der Waals surface area contributed by atoms with Crippen molar-refractivity contribution in [3.05, 3.63) is 60.7 Å². The summed E-state index contributed by atoms with van der Waals surface area (Å²) in [5.74, 6) is -0.788. The zero-order chi connectivity index (χ0) is 42.3. The van der Waals surface area contributed by atoms with E-state index >= 15 is 0 Å². The van der Waals surface area contributed by atoms with Crippen LogP contribution in [0.4, 0.5) is 0 Å². The van der Waals surface area contributed by atoms with Crippen LogP contribution in [-0.4, -0.2) is 107 Å². The number of nitrogens with two attached hydrogens (primary N) is 1. The molecular formula is C38H70Cl2N6O6P2S2. The monoisotopic (exact) mass is 902 g/mol. The Balaban J connectivity index is -0.000000144. The number of methoxy groups -OCH3 is 2. The Morgan fingerprint density at radius 2 is 1.12 bits per heavy atom. The molecule has 56 heavy (non-hydrogen) atoms. The van der Waals surface area contributed by atoms with Gasteiger partial charge in [0.15, 0.2) is 6.42 Å². The molecule has 0 spiro atoms.